The van der Waals surface area contributed by atoms with Crippen LogP contribution in [0.5, 0.6) is 0 Å². The zero-order chi connectivity index (χ0) is 18.1. The Labute approximate surface area is 151 Å². The van der Waals surface area contributed by atoms with Crippen LogP contribution < -0.4 is 10.6 Å². The third kappa shape index (κ3) is 6.59. The highest BCUT2D eigenvalue weighted by Gasteiger charge is 2.07. The normalized spacial score (nSPS) is 12.7. The van der Waals surface area contributed by atoms with Gasteiger partial charge in [0.15, 0.2) is 5.96 Å². The molecular weight excluding hydrogens is 310 g/mol. The summed E-state index contributed by atoms with van der Waals surface area (Å²) in [6.45, 7) is 8.12. The van der Waals surface area contributed by atoms with Gasteiger partial charge in [0.1, 0.15) is 0 Å². The molecule has 2 aromatic rings. The van der Waals surface area contributed by atoms with Gasteiger partial charge in [0.25, 0.3) is 0 Å². The highest BCUT2D eigenvalue weighted by atomic mass is 16.3. The number of nitrogens with one attached hydrogen (secondary N) is 2. The van der Waals surface area contributed by atoms with E-state index in [9.17, 15) is 5.11 Å². The monoisotopic (exact) mass is 339 g/mol. The lowest BCUT2D eigenvalue weighted by atomic mass is 10.1. The molecule has 134 valence electrons. The number of aryl methyl sites for hydroxylation is 2. The van der Waals surface area contributed by atoms with Crippen molar-refractivity contribution in [3.63, 3.8) is 0 Å². The fourth-order valence-electron chi connectivity index (χ4n) is 2.70. The van der Waals surface area contributed by atoms with Gasteiger partial charge in [-0.05, 0) is 37.5 Å². The van der Waals surface area contributed by atoms with Crippen LogP contribution in [0.25, 0.3) is 0 Å². The van der Waals surface area contributed by atoms with Gasteiger partial charge < -0.3 is 15.7 Å². The zero-order valence-corrected chi connectivity index (χ0v) is 15.4. The first-order valence-corrected chi connectivity index (χ1v) is 8.88. The van der Waals surface area contributed by atoms with Crippen LogP contribution >= 0.6 is 0 Å². The SMILES string of the molecule is CCNC(=NCc1ccc(C)cc1C)NCC(O)Cc1ccccc1. The molecular formula is C21H29N3O. The number of benzene rings is 2. The van der Waals surface area contributed by atoms with Crippen molar-refractivity contribution < 1.29 is 5.11 Å². The molecule has 1 atom stereocenters. The third-order valence-corrected chi connectivity index (χ3v) is 4.07. The second-order valence-corrected chi connectivity index (χ2v) is 6.35. The van der Waals surface area contributed by atoms with E-state index in [1.165, 1.54) is 16.7 Å². The Morgan fingerprint density at radius 1 is 1.08 bits per heavy atom. The Kier molecular flexibility index (Phi) is 7.48. The van der Waals surface area contributed by atoms with Gasteiger partial charge >= 0.3 is 0 Å². The van der Waals surface area contributed by atoms with Crippen LogP contribution in [0.15, 0.2) is 53.5 Å². The van der Waals surface area contributed by atoms with Crippen molar-refractivity contribution in [1.82, 2.24) is 10.6 Å². The molecule has 4 nitrogen and oxygen atoms in total. The molecule has 0 aliphatic heterocycles. The Morgan fingerprint density at radius 3 is 2.52 bits per heavy atom. The van der Waals surface area contributed by atoms with Crippen molar-refractivity contribution in [1.29, 1.82) is 0 Å². The molecule has 3 N–H and O–H groups in total. The van der Waals surface area contributed by atoms with E-state index in [0.29, 0.717) is 19.5 Å². The summed E-state index contributed by atoms with van der Waals surface area (Å²) in [5.41, 5.74) is 4.87. The maximum absolute atomic E-state index is 10.2. The van der Waals surface area contributed by atoms with Crippen molar-refractivity contribution in [2.24, 2.45) is 4.99 Å². The van der Waals surface area contributed by atoms with Crippen LogP contribution in [0.1, 0.15) is 29.2 Å². The van der Waals surface area contributed by atoms with Gasteiger partial charge in [-0.3, -0.25) is 0 Å². The Bertz CT molecular complexity index is 683. The van der Waals surface area contributed by atoms with E-state index in [2.05, 4.69) is 47.7 Å². The van der Waals surface area contributed by atoms with Crippen LogP contribution in [0.2, 0.25) is 0 Å². The van der Waals surface area contributed by atoms with E-state index >= 15 is 0 Å². The number of aliphatic hydroxyl groups excluding tert-OH is 1. The molecule has 0 aromatic heterocycles. The summed E-state index contributed by atoms with van der Waals surface area (Å²) in [6.07, 6.45) is 0.178. The third-order valence-electron chi connectivity index (χ3n) is 4.07. The topological polar surface area (TPSA) is 56.7 Å². The second kappa shape index (κ2) is 9.84. The summed E-state index contributed by atoms with van der Waals surface area (Å²) in [7, 11) is 0. The summed E-state index contributed by atoms with van der Waals surface area (Å²) in [5, 5.41) is 16.7. The molecule has 2 aromatic carbocycles. The lowest BCUT2D eigenvalue weighted by Crippen LogP contribution is -2.41. The molecule has 0 radical (unpaired) electrons. The fraction of sp³-hybridized carbons (Fsp3) is 0.381. The molecule has 0 aliphatic rings. The molecule has 0 heterocycles. The fourth-order valence-corrected chi connectivity index (χ4v) is 2.70. The first kappa shape index (κ1) is 19.0. The van der Waals surface area contributed by atoms with Gasteiger partial charge in [-0.15, -0.1) is 0 Å². The lowest BCUT2D eigenvalue weighted by Gasteiger charge is -2.15. The van der Waals surface area contributed by atoms with Gasteiger partial charge in [-0.2, -0.15) is 0 Å². The standard InChI is InChI=1S/C21H29N3O/c1-4-22-21(23-14-19-11-10-16(2)12-17(19)3)24-15-20(25)13-18-8-6-5-7-9-18/h5-12,20,25H,4,13-15H2,1-3H3,(H2,22,23,24). The Hall–Kier alpha value is -2.33. The average molecular weight is 339 g/mol. The first-order valence-electron chi connectivity index (χ1n) is 8.88. The maximum Gasteiger partial charge on any atom is 0.191 e. The van der Waals surface area contributed by atoms with Crippen LogP contribution in [-0.4, -0.2) is 30.3 Å². The highest BCUT2D eigenvalue weighted by Crippen LogP contribution is 2.11. The molecule has 25 heavy (non-hydrogen) atoms. The van der Waals surface area contributed by atoms with E-state index in [1.807, 2.05) is 37.3 Å². The number of rotatable bonds is 7. The molecule has 0 spiro atoms. The Morgan fingerprint density at radius 2 is 1.84 bits per heavy atom. The predicted molar refractivity (Wildman–Crippen MR) is 105 cm³/mol. The first-order chi connectivity index (χ1) is 12.1. The van der Waals surface area contributed by atoms with Gasteiger partial charge in [-0.1, -0.05) is 54.1 Å². The smallest absolute Gasteiger partial charge is 0.191 e. The summed E-state index contributed by atoms with van der Waals surface area (Å²) < 4.78 is 0. The van der Waals surface area contributed by atoms with E-state index in [0.717, 1.165) is 18.1 Å². The minimum atomic E-state index is -0.452. The molecule has 0 saturated heterocycles. The Balaban J connectivity index is 1.90. The number of aliphatic hydroxyl groups is 1. The summed E-state index contributed by atoms with van der Waals surface area (Å²) in [6, 6.07) is 16.4. The average Bonchev–Trinajstić information content (AvgIpc) is 2.59. The minimum absolute atomic E-state index is 0.452. The molecule has 0 amide bonds. The highest BCUT2D eigenvalue weighted by molar-refractivity contribution is 5.79. The van der Waals surface area contributed by atoms with Gasteiger partial charge in [-0.25, -0.2) is 4.99 Å². The molecule has 2 rings (SSSR count). The van der Waals surface area contributed by atoms with E-state index in [4.69, 9.17) is 0 Å². The molecule has 0 aliphatic carbocycles. The van der Waals surface area contributed by atoms with Crippen molar-refractivity contribution in [3.05, 3.63) is 70.8 Å². The predicted octanol–water partition coefficient (Wildman–Crippen LogP) is 2.96. The van der Waals surface area contributed by atoms with E-state index in [1.54, 1.807) is 0 Å². The lowest BCUT2D eigenvalue weighted by molar-refractivity contribution is 0.177. The number of guanidine groups is 1. The van der Waals surface area contributed by atoms with E-state index < -0.39 is 6.10 Å². The molecule has 0 bridgehead atoms. The molecule has 1 unspecified atom stereocenters. The van der Waals surface area contributed by atoms with Crippen LogP contribution in [-0.2, 0) is 13.0 Å². The zero-order valence-electron chi connectivity index (χ0n) is 15.4. The van der Waals surface area contributed by atoms with Crippen molar-refractivity contribution >= 4 is 5.96 Å². The maximum atomic E-state index is 10.2. The van der Waals surface area contributed by atoms with Gasteiger partial charge in [0.2, 0.25) is 0 Å². The second-order valence-electron chi connectivity index (χ2n) is 6.35. The largest absolute Gasteiger partial charge is 0.391 e. The van der Waals surface area contributed by atoms with Crippen LogP contribution in [0, 0.1) is 13.8 Å². The number of nitrogens with zero attached hydrogens (tertiary/aromatic N) is 1. The minimum Gasteiger partial charge on any atom is -0.391 e. The van der Waals surface area contributed by atoms with E-state index in [-0.39, 0.29) is 0 Å². The summed E-state index contributed by atoms with van der Waals surface area (Å²) >= 11 is 0. The molecule has 0 saturated carbocycles. The number of aliphatic imine (C=N–C) groups is 1. The van der Waals surface area contributed by atoms with Crippen molar-refractivity contribution in [2.45, 2.75) is 39.8 Å². The quantitative estimate of drug-likeness (QED) is 0.537. The number of hydrogen-bond donors (Lipinski definition) is 3. The van der Waals surface area contributed by atoms with Gasteiger partial charge in [0, 0.05) is 19.5 Å². The summed E-state index contributed by atoms with van der Waals surface area (Å²) in [5.74, 6) is 0.731. The van der Waals surface area contributed by atoms with Crippen molar-refractivity contribution in [3.8, 4) is 0 Å². The van der Waals surface area contributed by atoms with Crippen molar-refractivity contribution in [2.75, 3.05) is 13.1 Å². The van der Waals surface area contributed by atoms with Gasteiger partial charge in [0.05, 0.1) is 12.6 Å². The van der Waals surface area contributed by atoms with Crippen LogP contribution in [0.4, 0.5) is 0 Å². The summed E-state index contributed by atoms with van der Waals surface area (Å²) in [4.78, 5) is 4.64. The van der Waals surface area contributed by atoms with Crippen LogP contribution in [0.3, 0.4) is 0 Å². The molecule has 0 fully saturated rings. The number of hydrogen-bond acceptors (Lipinski definition) is 2. The molecule has 4 heteroatoms.